The van der Waals surface area contributed by atoms with Crippen molar-refractivity contribution >= 4 is 11.5 Å². The van der Waals surface area contributed by atoms with Crippen molar-refractivity contribution in [3.8, 4) is 11.3 Å². The van der Waals surface area contributed by atoms with Gasteiger partial charge in [-0.15, -0.1) is 0 Å². The zero-order chi connectivity index (χ0) is 20.2. The first-order chi connectivity index (χ1) is 14.7. The van der Waals surface area contributed by atoms with Crippen LogP contribution in [0.5, 0.6) is 0 Å². The third-order valence-electron chi connectivity index (χ3n) is 6.07. The van der Waals surface area contributed by atoms with E-state index < -0.39 is 0 Å². The Balaban J connectivity index is 1.51. The predicted molar refractivity (Wildman–Crippen MR) is 110 cm³/mol. The predicted octanol–water partition coefficient (Wildman–Crippen LogP) is 2.35. The standard InChI is InChI=1S/C22H23N7O/c1-28-11-16-18-9-23-17-7-6-14(22(17)25-18)15-12-29(27-21(15)13-4-5-13)8-2-3-20(30)24-10-19(16)26-28/h6,9,11-13H,2-5,7-8,10H2,1H3,(H,24,30). The second-order valence-corrected chi connectivity index (χ2v) is 8.38. The first kappa shape index (κ1) is 17.6. The van der Waals surface area contributed by atoms with Crippen LogP contribution < -0.4 is 5.32 Å². The zero-order valence-corrected chi connectivity index (χ0v) is 16.9. The number of fused-ring (bicyclic) bond motifs is 6. The van der Waals surface area contributed by atoms with Gasteiger partial charge in [-0.1, -0.05) is 6.08 Å². The molecule has 8 heteroatoms. The third kappa shape index (κ3) is 2.94. The molecule has 4 bridgehead atoms. The maximum atomic E-state index is 12.4. The van der Waals surface area contributed by atoms with Gasteiger partial charge in [0.25, 0.3) is 0 Å². The van der Waals surface area contributed by atoms with E-state index in [1.54, 1.807) is 4.68 Å². The lowest BCUT2D eigenvalue weighted by Crippen LogP contribution is -2.23. The highest BCUT2D eigenvalue weighted by Gasteiger charge is 2.32. The molecule has 0 saturated heterocycles. The molecule has 152 valence electrons. The smallest absolute Gasteiger partial charge is 0.220 e. The maximum absolute atomic E-state index is 12.4. The molecular formula is C22H23N7O. The van der Waals surface area contributed by atoms with Gasteiger partial charge in [0.05, 0.1) is 41.2 Å². The molecule has 1 amide bonds. The highest BCUT2D eigenvalue weighted by molar-refractivity contribution is 5.84. The Morgan fingerprint density at radius 1 is 1.13 bits per heavy atom. The van der Waals surface area contributed by atoms with Crippen LogP contribution in [0.3, 0.4) is 0 Å². The highest BCUT2D eigenvalue weighted by atomic mass is 16.1. The van der Waals surface area contributed by atoms with E-state index in [0.29, 0.717) is 18.9 Å². The summed E-state index contributed by atoms with van der Waals surface area (Å²) in [5.41, 5.74) is 7.94. The molecule has 6 rings (SSSR count). The molecule has 2 aliphatic carbocycles. The molecule has 0 radical (unpaired) electrons. The lowest BCUT2D eigenvalue weighted by atomic mass is 10.0. The number of nitrogens with zero attached hydrogens (tertiary/aromatic N) is 6. The van der Waals surface area contributed by atoms with Crippen LogP contribution in [0.25, 0.3) is 16.8 Å². The van der Waals surface area contributed by atoms with Crippen LogP contribution in [0.15, 0.2) is 24.7 Å². The fourth-order valence-corrected chi connectivity index (χ4v) is 4.41. The number of nitrogens with one attached hydrogen (secondary N) is 1. The summed E-state index contributed by atoms with van der Waals surface area (Å²) in [6.07, 6.45) is 12.5. The monoisotopic (exact) mass is 401 g/mol. The van der Waals surface area contributed by atoms with Crippen molar-refractivity contribution in [2.24, 2.45) is 7.05 Å². The van der Waals surface area contributed by atoms with Crippen molar-refractivity contribution in [3.63, 3.8) is 0 Å². The number of hydrogen-bond donors (Lipinski definition) is 1. The zero-order valence-electron chi connectivity index (χ0n) is 16.9. The summed E-state index contributed by atoms with van der Waals surface area (Å²) in [5.74, 6) is 0.564. The molecule has 3 aliphatic rings. The Kier molecular flexibility index (Phi) is 3.87. The fraction of sp³-hybridized carbons (Fsp3) is 0.409. The van der Waals surface area contributed by atoms with Crippen LogP contribution in [-0.2, 0) is 31.4 Å². The van der Waals surface area contributed by atoms with E-state index in [2.05, 4.69) is 22.7 Å². The van der Waals surface area contributed by atoms with Crippen molar-refractivity contribution < 1.29 is 4.79 Å². The summed E-state index contributed by atoms with van der Waals surface area (Å²) in [4.78, 5) is 22.1. The molecule has 0 aromatic carbocycles. The number of allylic oxidation sites excluding steroid dienone is 1. The molecule has 0 spiro atoms. The molecule has 1 saturated carbocycles. The number of carbonyl (C=O) groups excluding carboxylic acids is 1. The maximum Gasteiger partial charge on any atom is 0.220 e. The van der Waals surface area contributed by atoms with E-state index in [9.17, 15) is 4.79 Å². The van der Waals surface area contributed by atoms with Crippen molar-refractivity contribution in [1.29, 1.82) is 0 Å². The molecule has 1 fully saturated rings. The molecule has 30 heavy (non-hydrogen) atoms. The van der Waals surface area contributed by atoms with Crippen molar-refractivity contribution in [2.45, 2.75) is 51.1 Å². The Bertz CT molecular complexity index is 1200. The summed E-state index contributed by atoms with van der Waals surface area (Å²) >= 11 is 0. The number of aromatic nitrogens is 6. The van der Waals surface area contributed by atoms with Gasteiger partial charge in [-0.3, -0.25) is 19.1 Å². The summed E-state index contributed by atoms with van der Waals surface area (Å²) in [6.45, 7) is 1.11. The summed E-state index contributed by atoms with van der Waals surface area (Å²) in [5, 5.41) is 12.4. The molecule has 1 aliphatic heterocycles. The van der Waals surface area contributed by atoms with Crippen molar-refractivity contribution in [3.05, 3.63) is 53.0 Å². The first-order valence-electron chi connectivity index (χ1n) is 10.6. The van der Waals surface area contributed by atoms with Crippen LogP contribution >= 0.6 is 0 Å². The lowest BCUT2D eigenvalue weighted by Gasteiger charge is -2.08. The minimum Gasteiger partial charge on any atom is -0.350 e. The topological polar surface area (TPSA) is 90.5 Å². The SMILES string of the molecule is Cn1cc2c(n1)CNC(=O)CCCn1cc(c(C3CC3)n1)C1=CCc3ncc-2nc31. The first-order valence-corrected chi connectivity index (χ1v) is 10.6. The molecular weight excluding hydrogens is 378 g/mol. The second kappa shape index (κ2) is 6.62. The molecule has 3 aromatic heterocycles. The van der Waals surface area contributed by atoms with Crippen molar-refractivity contribution in [2.75, 3.05) is 0 Å². The largest absolute Gasteiger partial charge is 0.350 e. The van der Waals surface area contributed by atoms with Gasteiger partial charge >= 0.3 is 0 Å². The molecule has 3 aromatic rings. The van der Waals surface area contributed by atoms with E-state index in [4.69, 9.17) is 15.1 Å². The van der Waals surface area contributed by atoms with Gasteiger partial charge in [0.2, 0.25) is 5.91 Å². The molecule has 1 N–H and O–H groups in total. The van der Waals surface area contributed by atoms with E-state index in [-0.39, 0.29) is 5.91 Å². The number of rotatable bonds is 1. The van der Waals surface area contributed by atoms with Crippen LogP contribution in [-0.4, -0.2) is 35.4 Å². The molecule has 4 heterocycles. The summed E-state index contributed by atoms with van der Waals surface area (Å²) in [6, 6.07) is 0. The minimum absolute atomic E-state index is 0.0279. The number of amides is 1. The molecule has 8 nitrogen and oxygen atoms in total. The second-order valence-electron chi connectivity index (χ2n) is 8.38. The van der Waals surface area contributed by atoms with E-state index in [0.717, 1.165) is 53.3 Å². The van der Waals surface area contributed by atoms with E-state index in [1.807, 2.05) is 24.1 Å². The number of aryl methyl sites for hydroxylation is 2. The van der Waals surface area contributed by atoms with Gasteiger partial charge in [0.1, 0.15) is 0 Å². The normalized spacial score (nSPS) is 18.3. The third-order valence-corrected chi connectivity index (χ3v) is 6.07. The Labute approximate surface area is 174 Å². The lowest BCUT2D eigenvalue weighted by molar-refractivity contribution is -0.121. The quantitative estimate of drug-likeness (QED) is 0.676. The number of carbonyl (C=O) groups is 1. The van der Waals surface area contributed by atoms with Gasteiger partial charge < -0.3 is 5.32 Å². The van der Waals surface area contributed by atoms with Crippen LogP contribution in [0.2, 0.25) is 0 Å². The van der Waals surface area contributed by atoms with Gasteiger partial charge in [0, 0.05) is 61.4 Å². The van der Waals surface area contributed by atoms with Crippen LogP contribution in [0.4, 0.5) is 0 Å². The average molecular weight is 401 g/mol. The van der Waals surface area contributed by atoms with E-state index in [1.165, 1.54) is 24.1 Å². The molecule has 0 unspecified atom stereocenters. The summed E-state index contributed by atoms with van der Waals surface area (Å²) in [7, 11) is 1.88. The Morgan fingerprint density at radius 2 is 2.03 bits per heavy atom. The average Bonchev–Trinajstić information content (AvgIpc) is 3.19. The van der Waals surface area contributed by atoms with Gasteiger partial charge in [-0.05, 0) is 19.3 Å². The number of hydrogen-bond acceptors (Lipinski definition) is 5. The van der Waals surface area contributed by atoms with Crippen LogP contribution in [0, 0.1) is 0 Å². The van der Waals surface area contributed by atoms with Gasteiger partial charge in [0.15, 0.2) is 0 Å². The van der Waals surface area contributed by atoms with Gasteiger partial charge in [-0.2, -0.15) is 10.2 Å². The van der Waals surface area contributed by atoms with Crippen molar-refractivity contribution in [1.82, 2.24) is 34.8 Å². The van der Waals surface area contributed by atoms with Gasteiger partial charge in [-0.25, -0.2) is 4.98 Å². The minimum atomic E-state index is 0.0279. The highest BCUT2D eigenvalue weighted by Crippen LogP contribution is 2.44. The molecule has 0 atom stereocenters. The Hall–Kier alpha value is -3.29. The van der Waals surface area contributed by atoms with E-state index >= 15 is 0 Å². The fourth-order valence-electron chi connectivity index (χ4n) is 4.41. The summed E-state index contributed by atoms with van der Waals surface area (Å²) < 4.78 is 3.77. The Morgan fingerprint density at radius 3 is 2.90 bits per heavy atom. The van der Waals surface area contributed by atoms with Crippen LogP contribution in [0.1, 0.15) is 59.9 Å².